The zero-order valence-electron chi connectivity index (χ0n) is 13.6. The average molecular weight is 274 g/mol. The molecular weight excluding hydrogens is 244 g/mol. The molecule has 0 saturated heterocycles. The molecule has 0 amide bonds. The largest absolute Gasteiger partial charge is 0.390 e. The van der Waals surface area contributed by atoms with Gasteiger partial charge in [0.05, 0.1) is 5.60 Å². The fourth-order valence-electron chi connectivity index (χ4n) is 3.29. The molecule has 1 fully saturated rings. The zero-order valence-corrected chi connectivity index (χ0v) is 13.6. The lowest BCUT2D eigenvalue weighted by Crippen LogP contribution is -2.31. The average Bonchev–Trinajstić information content (AvgIpc) is 2.49. The summed E-state index contributed by atoms with van der Waals surface area (Å²) in [5, 5.41) is 10.9. The molecule has 1 atom stereocenters. The lowest BCUT2D eigenvalue weighted by Gasteiger charge is -2.28. The van der Waals surface area contributed by atoms with E-state index >= 15 is 0 Å². The molecule has 0 heterocycles. The Labute approximate surface area is 124 Å². The number of rotatable bonds is 3. The maximum absolute atomic E-state index is 10.9. The first-order valence-electron chi connectivity index (χ1n) is 8.11. The highest BCUT2D eigenvalue weighted by atomic mass is 16.3. The Kier molecular flexibility index (Phi) is 4.59. The Morgan fingerprint density at radius 2 is 1.65 bits per heavy atom. The third-order valence-electron chi connectivity index (χ3n) is 4.94. The molecule has 0 aliphatic heterocycles. The van der Waals surface area contributed by atoms with E-state index in [-0.39, 0.29) is 0 Å². The van der Waals surface area contributed by atoms with Crippen molar-refractivity contribution in [3.8, 4) is 0 Å². The molecule has 1 aliphatic rings. The van der Waals surface area contributed by atoms with E-state index in [1.54, 1.807) is 0 Å². The summed E-state index contributed by atoms with van der Waals surface area (Å²) in [6.45, 7) is 9.10. The van der Waals surface area contributed by atoms with Gasteiger partial charge in [0.2, 0.25) is 0 Å². The first-order valence-corrected chi connectivity index (χ1v) is 8.11. The van der Waals surface area contributed by atoms with Crippen LogP contribution in [0.25, 0.3) is 0 Å². The van der Waals surface area contributed by atoms with E-state index in [2.05, 4.69) is 52.0 Å². The van der Waals surface area contributed by atoms with Crippen LogP contribution in [0, 0.1) is 5.41 Å². The summed E-state index contributed by atoms with van der Waals surface area (Å²) in [5.74, 6) is 0.575. The van der Waals surface area contributed by atoms with Crippen LogP contribution < -0.4 is 0 Å². The quantitative estimate of drug-likeness (QED) is 0.763. The van der Waals surface area contributed by atoms with Crippen molar-refractivity contribution in [3.05, 3.63) is 35.4 Å². The Hall–Kier alpha value is -0.820. The van der Waals surface area contributed by atoms with Gasteiger partial charge in [0.25, 0.3) is 0 Å². The summed E-state index contributed by atoms with van der Waals surface area (Å²) < 4.78 is 0. The fourth-order valence-corrected chi connectivity index (χ4v) is 3.29. The highest BCUT2D eigenvalue weighted by Crippen LogP contribution is 2.39. The number of benzene rings is 1. The van der Waals surface area contributed by atoms with E-state index in [4.69, 9.17) is 0 Å². The van der Waals surface area contributed by atoms with E-state index in [9.17, 15) is 5.11 Å². The number of hydrogen-bond donors (Lipinski definition) is 1. The van der Waals surface area contributed by atoms with Crippen LogP contribution in [0.1, 0.15) is 76.8 Å². The van der Waals surface area contributed by atoms with Crippen LogP contribution in [0.2, 0.25) is 0 Å². The van der Waals surface area contributed by atoms with E-state index in [1.807, 2.05) is 0 Å². The van der Waals surface area contributed by atoms with Crippen molar-refractivity contribution in [1.29, 1.82) is 0 Å². The Bertz CT molecular complexity index is 430. The molecule has 2 rings (SSSR count). The summed E-state index contributed by atoms with van der Waals surface area (Å²) >= 11 is 0. The van der Waals surface area contributed by atoms with Crippen LogP contribution in [-0.4, -0.2) is 10.7 Å². The molecular formula is C19H30O. The van der Waals surface area contributed by atoms with Gasteiger partial charge in [0, 0.05) is 6.42 Å². The Balaban J connectivity index is 2.04. The van der Waals surface area contributed by atoms with Crippen molar-refractivity contribution in [2.75, 3.05) is 0 Å². The molecule has 0 radical (unpaired) electrons. The molecule has 0 bridgehead atoms. The molecule has 1 aromatic rings. The highest BCUT2D eigenvalue weighted by Gasteiger charge is 2.33. The minimum Gasteiger partial charge on any atom is -0.390 e. The normalized spacial score (nSPS) is 26.5. The SMILES string of the molecule is CC(C)c1ccc(CC2(O)CCCC(C)(C)CC2)cc1. The summed E-state index contributed by atoms with van der Waals surface area (Å²) in [6.07, 6.45) is 6.21. The molecule has 20 heavy (non-hydrogen) atoms. The van der Waals surface area contributed by atoms with Gasteiger partial charge in [-0.2, -0.15) is 0 Å². The van der Waals surface area contributed by atoms with Gasteiger partial charge in [0.1, 0.15) is 0 Å². The lowest BCUT2D eigenvalue weighted by molar-refractivity contribution is 0.0226. The monoisotopic (exact) mass is 274 g/mol. The van der Waals surface area contributed by atoms with Crippen molar-refractivity contribution >= 4 is 0 Å². The van der Waals surface area contributed by atoms with Gasteiger partial charge in [-0.05, 0) is 48.1 Å². The Morgan fingerprint density at radius 3 is 2.25 bits per heavy atom. The summed E-state index contributed by atoms with van der Waals surface area (Å²) in [5.41, 5.74) is 2.55. The predicted octanol–water partition coefficient (Wildman–Crippen LogP) is 5.07. The summed E-state index contributed by atoms with van der Waals surface area (Å²) in [7, 11) is 0. The van der Waals surface area contributed by atoms with Crippen LogP contribution in [0.4, 0.5) is 0 Å². The van der Waals surface area contributed by atoms with Gasteiger partial charge in [-0.3, -0.25) is 0 Å². The van der Waals surface area contributed by atoms with Crippen molar-refractivity contribution in [2.24, 2.45) is 5.41 Å². The standard InChI is InChI=1S/C19H30O/c1-15(2)17-8-6-16(7-9-17)14-19(20)11-5-10-18(3,4)12-13-19/h6-9,15,20H,5,10-14H2,1-4H3. The van der Waals surface area contributed by atoms with E-state index < -0.39 is 5.60 Å². The number of aliphatic hydroxyl groups is 1. The van der Waals surface area contributed by atoms with Gasteiger partial charge in [0.15, 0.2) is 0 Å². The second-order valence-corrected chi connectivity index (χ2v) is 7.82. The first kappa shape index (κ1) is 15.6. The minimum absolute atomic E-state index is 0.395. The second-order valence-electron chi connectivity index (χ2n) is 7.82. The van der Waals surface area contributed by atoms with Crippen LogP contribution >= 0.6 is 0 Å². The maximum atomic E-state index is 10.9. The van der Waals surface area contributed by atoms with Gasteiger partial charge < -0.3 is 5.11 Å². The minimum atomic E-state index is -0.493. The molecule has 1 aliphatic carbocycles. The van der Waals surface area contributed by atoms with Crippen molar-refractivity contribution in [2.45, 2.75) is 77.7 Å². The van der Waals surface area contributed by atoms with Crippen LogP contribution in [0.15, 0.2) is 24.3 Å². The molecule has 0 aromatic heterocycles. The molecule has 1 aromatic carbocycles. The smallest absolute Gasteiger partial charge is 0.0688 e. The van der Waals surface area contributed by atoms with Crippen molar-refractivity contribution < 1.29 is 5.11 Å². The number of hydrogen-bond acceptors (Lipinski definition) is 1. The topological polar surface area (TPSA) is 20.2 Å². The van der Waals surface area contributed by atoms with Gasteiger partial charge in [-0.25, -0.2) is 0 Å². The summed E-state index contributed by atoms with van der Waals surface area (Å²) in [6, 6.07) is 8.82. The van der Waals surface area contributed by atoms with Crippen LogP contribution in [0.5, 0.6) is 0 Å². The lowest BCUT2D eigenvalue weighted by atomic mass is 9.83. The van der Waals surface area contributed by atoms with Gasteiger partial charge >= 0.3 is 0 Å². The van der Waals surface area contributed by atoms with Gasteiger partial charge in [-0.1, -0.05) is 58.4 Å². The third kappa shape index (κ3) is 4.09. The Morgan fingerprint density at radius 1 is 1.00 bits per heavy atom. The molecule has 112 valence electrons. The molecule has 1 nitrogen and oxygen atoms in total. The van der Waals surface area contributed by atoms with E-state index in [0.717, 1.165) is 32.1 Å². The highest BCUT2D eigenvalue weighted by molar-refractivity contribution is 5.25. The molecule has 1 heteroatoms. The molecule has 1 unspecified atom stereocenters. The first-order chi connectivity index (χ1) is 9.30. The molecule has 0 spiro atoms. The molecule has 1 saturated carbocycles. The van der Waals surface area contributed by atoms with Gasteiger partial charge in [-0.15, -0.1) is 0 Å². The fraction of sp³-hybridized carbons (Fsp3) is 0.684. The summed E-state index contributed by atoms with van der Waals surface area (Å²) in [4.78, 5) is 0. The van der Waals surface area contributed by atoms with Crippen molar-refractivity contribution in [1.82, 2.24) is 0 Å². The second kappa shape index (κ2) is 5.89. The maximum Gasteiger partial charge on any atom is 0.0688 e. The van der Waals surface area contributed by atoms with E-state index in [1.165, 1.54) is 17.5 Å². The predicted molar refractivity (Wildman–Crippen MR) is 86.1 cm³/mol. The van der Waals surface area contributed by atoms with Crippen LogP contribution in [-0.2, 0) is 6.42 Å². The van der Waals surface area contributed by atoms with E-state index in [0.29, 0.717) is 11.3 Å². The van der Waals surface area contributed by atoms with Crippen molar-refractivity contribution in [3.63, 3.8) is 0 Å². The van der Waals surface area contributed by atoms with Crippen LogP contribution in [0.3, 0.4) is 0 Å². The zero-order chi connectivity index (χ0) is 14.8. The molecule has 1 N–H and O–H groups in total. The third-order valence-corrected chi connectivity index (χ3v) is 4.94.